The molecule has 1 N–H and O–H groups in total. The standard InChI is InChI=1S/C15H12FN3OS2/c16-11-5-3-10(4-6-11)8-13-14(20)18-15(22-13)19-17-9-12-2-1-7-21-12/h1-7,9,13H,8H2,(H,18,19,20)/b17-9+/t13-/m0/s1. The molecule has 1 aliphatic heterocycles. The third-order valence-corrected chi connectivity index (χ3v) is 4.87. The number of rotatable bonds is 4. The van der Waals surface area contributed by atoms with E-state index in [-0.39, 0.29) is 17.0 Å². The zero-order chi connectivity index (χ0) is 15.4. The van der Waals surface area contributed by atoms with Crippen molar-refractivity contribution in [1.29, 1.82) is 0 Å². The summed E-state index contributed by atoms with van der Waals surface area (Å²) in [5.41, 5.74) is 0.914. The fourth-order valence-electron chi connectivity index (χ4n) is 1.92. The molecule has 1 aromatic carbocycles. The number of thioether (sulfide) groups is 1. The predicted molar refractivity (Wildman–Crippen MR) is 89.0 cm³/mol. The van der Waals surface area contributed by atoms with Gasteiger partial charge < -0.3 is 5.32 Å². The predicted octanol–water partition coefficient (Wildman–Crippen LogP) is 3.05. The summed E-state index contributed by atoms with van der Waals surface area (Å²) in [6, 6.07) is 10.0. The van der Waals surface area contributed by atoms with Crippen LogP contribution in [0.15, 0.2) is 52.0 Å². The summed E-state index contributed by atoms with van der Waals surface area (Å²) >= 11 is 2.91. The molecule has 1 atom stereocenters. The van der Waals surface area contributed by atoms with Crippen molar-refractivity contribution >= 4 is 40.4 Å². The average molecular weight is 333 g/mol. The third kappa shape index (κ3) is 3.80. The molecule has 0 unspecified atom stereocenters. The van der Waals surface area contributed by atoms with Crippen LogP contribution in [0, 0.1) is 5.82 Å². The van der Waals surface area contributed by atoms with Crippen molar-refractivity contribution in [2.24, 2.45) is 10.2 Å². The highest BCUT2D eigenvalue weighted by molar-refractivity contribution is 8.15. The maximum Gasteiger partial charge on any atom is 0.239 e. The van der Waals surface area contributed by atoms with E-state index < -0.39 is 0 Å². The average Bonchev–Trinajstić information content (AvgIpc) is 3.12. The molecule has 0 aliphatic carbocycles. The van der Waals surface area contributed by atoms with E-state index in [2.05, 4.69) is 15.5 Å². The molecule has 3 rings (SSSR count). The number of hydrogen-bond donors (Lipinski definition) is 1. The normalized spacial score (nSPS) is 20.0. The number of amides is 1. The summed E-state index contributed by atoms with van der Waals surface area (Å²) in [6.07, 6.45) is 2.18. The molecular weight excluding hydrogens is 321 g/mol. The van der Waals surface area contributed by atoms with E-state index in [0.29, 0.717) is 11.6 Å². The number of nitrogens with one attached hydrogen (secondary N) is 1. The topological polar surface area (TPSA) is 53.8 Å². The van der Waals surface area contributed by atoms with Gasteiger partial charge in [0.25, 0.3) is 0 Å². The van der Waals surface area contributed by atoms with Gasteiger partial charge in [0.15, 0.2) is 5.17 Å². The van der Waals surface area contributed by atoms with E-state index in [4.69, 9.17) is 0 Å². The number of hydrogen-bond acceptors (Lipinski definition) is 5. The summed E-state index contributed by atoms with van der Waals surface area (Å²) in [7, 11) is 0. The van der Waals surface area contributed by atoms with Crippen LogP contribution in [0.3, 0.4) is 0 Å². The molecule has 2 aromatic rings. The molecule has 7 heteroatoms. The molecular formula is C15H12FN3OS2. The van der Waals surface area contributed by atoms with Gasteiger partial charge in [0.1, 0.15) is 5.82 Å². The Morgan fingerprint density at radius 2 is 2.09 bits per heavy atom. The molecule has 2 heterocycles. The van der Waals surface area contributed by atoms with Crippen molar-refractivity contribution in [3.63, 3.8) is 0 Å². The highest BCUT2D eigenvalue weighted by Gasteiger charge is 2.30. The minimum absolute atomic E-state index is 0.0978. The Balaban J connectivity index is 1.61. The van der Waals surface area contributed by atoms with Crippen molar-refractivity contribution in [3.05, 3.63) is 58.0 Å². The van der Waals surface area contributed by atoms with Gasteiger partial charge in [-0.2, -0.15) is 5.10 Å². The summed E-state index contributed by atoms with van der Waals surface area (Å²) in [5.74, 6) is -0.378. The molecule has 0 spiro atoms. The van der Waals surface area contributed by atoms with Crippen LogP contribution in [0.25, 0.3) is 0 Å². The lowest BCUT2D eigenvalue weighted by Gasteiger charge is -2.04. The van der Waals surface area contributed by atoms with Gasteiger partial charge >= 0.3 is 0 Å². The minimum atomic E-state index is -0.280. The monoisotopic (exact) mass is 333 g/mol. The summed E-state index contributed by atoms with van der Waals surface area (Å²) in [5, 5.41) is 12.9. The Morgan fingerprint density at radius 1 is 1.27 bits per heavy atom. The van der Waals surface area contributed by atoms with Crippen molar-refractivity contribution in [2.75, 3.05) is 0 Å². The maximum atomic E-state index is 12.9. The van der Waals surface area contributed by atoms with Gasteiger partial charge in [-0.3, -0.25) is 4.79 Å². The van der Waals surface area contributed by atoms with Gasteiger partial charge in [0.05, 0.1) is 11.5 Å². The quantitative estimate of drug-likeness (QED) is 0.691. The van der Waals surface area contributed by atoms with E-state index in [1.54, 1.807) is 29.7 Å². The molecule has 0 saturated carbocycles. The number of benzene rings is 1. The number of nitrogens with zero attached hydrogens (tertiary/aromatic N) is 2. The Labute approximate surface area is 135 Å². The molecule has 112 valence electrons. The van der Waals surface area contributed by atoms with Crippen molar-refractivity contribution in [2.45, 2.75) is 11.7 Å². The molecule has 4 nitrogen and oxygen atoms in total. The van der Waals surface area contributed by atoms with Crippen molar-refractivity contribution in [3.8, 4) is 0 Å². The number of halogens is 1. The number of carbonyl (C=O) groups is 1. The molecule has 1 amide bonds. The third-order valence-electron chi connectivity index (χ3n) is 2.99. The molecule has 1 fully saturated rings. The highest BCUT2D eigenvalue weighted by Crippen LogP contribution is 2.23. The zero-order valence-electron chi connectivity index (χ0n) is 11.4. The van der Waals surface area contributed by atoms with E-state index in [9.17, 15) is 9.18 Å². The van der Waals surface area contributed by atoms with Crippen molar-refractivity contribution < 1.29 is 9.18 Å². The van der Waals surface area contributed by atoms with E-state index >= 15 is 0 Å². The second-order valence-corrected chi connectivity index (χ2v) is 6.76. The highest BCUT2D eigenvalue weighted by atomic mass is 32.2. The van der Waals surface area contributed by atoms with Gasteiger partial charge in [0.2, 0.25) is 5.91 Å². The van der Waals surface area contributed by atoms with Crippen LogP contribution in [0.4, 0.5) is 4.39 Å². The van der Waals surface area contributed by atoms with Gasteiger partial charge in [0, 0.05) is 4.88 Å². The number of amidine groups is 1. The molecule has 0 bridgehead atoms. The van der Waals surface area contributed by atoms with Crippen molar-refractivity contribution in [1.82, 2.24) is 5.32 Å². The summed E-state index contributed by atoms with van der Waals surface area (Å²) in [4.78, 5) is 12.9. The number of thiophene rings is 1. The van der Waals surface area contributed by atoms with Crippen LogP contribution in [0.2, 0.25) is 0 Å². The van der Waals surface area contributed by atoms with Crippen LogP contribution < -0.4 is 5.32 Å². The molecule has 1 saturated heterocycles. The lowest BCUT2D eigenvalue weighted by molar-refractivity contribution is -0.118. The van der Waals surface area contributed by atoms with Gasteiger partial charge in [-0.15, -0.1) is 16.4 Å². The lowest BCUT2D eigenvalue weighted by Crippen LogP contribution is -2.25. The fraction of sp³-hybridized carbons (Fsp3) is 0.133. The van der Waals surface area contributed by atoms with Crippen LogP contribution in [-0.4, -0.2) is 22.5 Å². The smallest absolute Gasteiger partial charge is 0.239 e. The molecule has 22 heavy (non-hydrogen) atoms. The zero-order valence-corrected chi connectivity index (χ0v) is 13.0. The second kappa shape index (κ2) is 6.85. The van der Waals surface area contributed by atoms with Crippen LogP contribution in [-0.2, 0) is 11.2 Å². The van der Waals surface area contributed by atoms with E-state index in [0.717, 1.165) is 10.4 Å². The first-order chi connectivity index (χ1) is 10.7. The molecule has 1 aromatic heterocycles. The van der Waals surface area contributed by atoms with Crippen LogP contribution in [0.1, 0.15) is 10.4 Å². The second-order valence-electron chi connectivity index (χ2n) is 4.59. The minimum Gasteiger partial charge on any atom is -0.303 e. The first-order valence-electron chi connectivity index (χ1n) is 6.57. The van der Waals surface area contributed by atoms with E-state index in [1.165, 1.54) is 23.9 Å². The Bertz CT molecular complexity index is 711. The van der Waals surface area contributed by atoms with Crippen LogP contribution in [0.5, 0.6) is 0 Å². The fourth-order valence-corrected chi connectivity index (χ4v) is 3.47. The Morgan fingerprint density at radius 3 is 2.82 bits per heavy atom. The van der Waals surface area contributed by atoms with Crippen LogP contribution >= 0.6 is 23.1 Å². The largest absolute Gasteiger partial charge is 0.303 e. The molecule has 0 radical (unpaired) electrons. The van der Waals surface area contributed by atoms with E-state index in [1.807, 2.05) is 17.5 Å². The lowest BCUT2D eigenvalue weighted by atomic mass is 10.1. The number of carbonyl (C=O) groups excluding carboxylic acids is 1. The Kier molecular flexibility index (Phi) is 4.65. The first-order valence-corrected chi connectivity index (χ1v) is 8.33. The molecule has 1 aliphatic rings. The first kappa shape index (κ1) is 14.9. The maximum absolute atomic E-state index is 12.9. The SMILES string of the molecule is O=C1N/C(=N\N=C\c2cccs2)S[C@H]1Cc1ccc(F)cc1. The van der Waals surface area contributed by atoms with Gasteiger partial charge in [-0.1, -0.05) is 30.0 Å². The van der Waals surface area contributed by atoms with Gasteiger partial charge in [-0.25, -0.2) is 4.39 Å². The summed E-state index contributed by atoms with van der Waals surface area (Å²) in [6.45, 7) is 0. The Hall–Kier alpha value is -1.99. The summed E-state index contributed by atoms with van der Waals surface area (Å²) < 4.78 is 12.9. The van der Waals surface area contributed by atoms with Gasteiger partial charge in [-0.05, 0) is 35.6 Å².